The summed E-state index contributed by atoms with van der Waals surface area (Å²) in [6.07, 6.45) is 2.47. The smallest absolute Gasteiger partial charge is 0.309 e. The number of rotatable bonds is 5. The van der Waals surface area contributed by atoms with Gasteiger partial charge in [-0.3, -0.25) is 4.79 Å². The van der Waals surface area contributed by atoms with E-state index in [-0.39, 0.29) is 12.1 Å². The zero-order valence-corrected chi connectivity index (χ0v) is 11.1. The number of aliphatic carboxylic acids is 1. The van der Waals surface area contributed by atoms with Crippen molar-refractivity contribution in [2.75, 3.05) is 0 Å². The highest BCUT2D eigenvalue weighted by molar-refractivity contribution is 5.71. The van der Waals surface area contributed by atoms with E-state index in [1.807, 2.05) is 0 Å². The van der Waals surface area contributed by atoms with Gasteiger partial charge >= 0.3 is 5.97 Å². The molecule has 1 heterocycles. The summed E-state index contributed by atoms with van der Waals surface area (Å²) in [5.41, 5.74) is -2.41. The van der Waals surface area contributed by atoms with Crippen LogP contribution in [0, 0.1) is 17.6 Å². The Kier molecular flexibility index (Phi) is 3.99. The molecule has 2 rings (SSSR count). The summed E-state index contributed by atoms with van der Waals surface area (Å²) < 4.78 is 28.1. The summed E-state index contributed by atoms with van der Waals surface area (Å²) in [5, 5.41) is 23.7. The molecule has 1 aromatic carbocycles. The Morgan fingerprint density at radius 3 is 2.71 bits per heavy atom. The van der Waals surface area contributed by atoms with Crippen molar-refractivity contribution < 1.29 is 23.8 Å². The van der Waals surface area contributed by atoms with Crippen molar-refractivity contribution in [1.29, 1.82) is 0 Å². The van der Waals surface area contributed by atoms with Gasteiger partial charge in [-0.05, 0) is 13.0 Å². The van der Waals surface area contributed by atoms with Crippen LogP contribution in [0.5, 0.6) is 0 Å². The lowest BCUT2D eigenvalue weighted by molar-refractivity contribution is -0.153. The van der Waals surface area contributed by atoms with E-state index in [9.17, 15) is 18.7 Å². The molecule has 0 fully saturated rings. The number of carboxylic acid groups (broad SMARTS) is 1. The maximum absolute atomic E-state index is 14.0. The van der Waals surface area contributed by atoms with E-state index in [1.54, 1.807) is 0 Å². The van der Waals surface area contributed by atoms with Gasteiger partial charge in [0.05, 0.1) is 12.5 Å². The van der Waals surface area contributed by atoms with E-state index in [0.29, 0.717) is 6.07 Å². The zero-order chi connectivity index (χ0) is 15.6. The van der Waals surface area contributed by atoms with Gasteiger partial charge in [0.15, 0.2) is 0 Å². The standard InChI is InChI=1S/C13H13F2N3O3/c1-8(12(19)20)13(21,5-18-7-16-6-17-18)10-3-2-9(14)4-11(10)15/h2-4,6-8,21H,5H2,1H3,(H,19,20)/t8-,13-/m0/s1. The Labute approximate surface area is 118 Å². The third-order valence-corrected chi connectivity index (χ3v) is 3.35. The summed E-state index contributed by atoms with van der Waals surface area (Å²) in [7, 11) is 0. The van der Waals surface area contributed by atoms with Crippen LogP contribution in [-0.2, 0) is 16.9 Å². The first-order chi connectivity index (χ1) is 9.84. The molecule has 2 N–H and O–H groups in total. The van der Waals surface area contributed by atoms with Crippen LogP contribution < -0.4 is 0 Å². The maximum Gasteiger partial charge on any atom is 0.309 e. The quantitative estimate of drug-likeness (QED) is 0.864. The van der Waals surface area contributed by atoms with Crippen molar-refractivity contribution in [1.82, 2.24) is 14.8 Å². The Hall–Kier alpha value is -2.35. The van der Waals surface area contributed by atoms with Crippen LogP contribution in [0.1, 0.15) is 12.5 Å². The Bertz CT molecular complexity index is 648. The average molecular weight is 297 g/mol. The summed E-state index contributed by atoms with van der Waals surface area (Å²) in [5.74, 6) is -4.50. The number of aromatic nitrogens is 3. The molecular formula is C13H13F2N3O3. The van der Waals surface area contributed by atoms with Crippen molar-refractivity contribution in [2.45, 2.75) is 19.1 Å². The van der Waals surface area contributed by atoms with Crippen molar-refractivity contribution in [2.24, 2.45) is 5.92 Å². The summed E-state index contributed by atoms with van der Waals surface area (Å²) in [6.45, 7) is 0.908. The second kappa shape index (κ2) is 5.57. The van der Waals surface area contributed by atoms with Gasteiger partial charge in [0, 0.05) is 11.6 Å². The molecule has 0 radical (unpaired) electrons. The SMILES string of the molecule is C[C@@H](C(=O)O)[C@@](O)(Cn1cncn1)c1ccc(F)cc1F. The molecule has 0 bridgehead atoms. The van der Waals surface area contributed by atoms with Gasteiger partial charge in [0.1, 0.15) is 29.9 Å². The third-order valence-electron chi connectivity index (χ3n) is 3.35. The fourth-order valence-electron chi connectivity index (χ4n) is 2.06. The van der Waals surface area contributed by atoms with Crippen LogP contribution in [0.3, 0.4) is 0 Å². The van der Waals surface area contributed by atoms with Gasteiger partial charge in [-0.15, -0.1) is 0 Å². The molecule has 2 aromatic rings. The van der Waals surface area contributed by atoms with Gasteiger partial charge < -0.3 is 10.2 Å². The van der Waals surface area contributed by atoms with Crippen LogP contribution >= 0.6 is 0 Å². The number of hydrogen-bond acceptors (Lipinski definition) is 4. The molecule has 0 aliphatic rings. The van der Waals surface area contributed by atoms with Crippen LogP contribution in [0.15, 0.2) is 30.9 Å². The first-order valence-corrected chi connectivity index (χ1v) is 6.07. The lowest BCUT2D eigenvalue weighted by atomic mass is 9.81. The van der Waals surface area contributed by atoms with Gasteiger partial charge in [0.25, 0.3) is 0 Å². The number of hydrogen-bond donors (Lipinski definition) is 2. The molecule has 21 heavy (non-hydrogen) atoms. The number of carbonyl (C=O) groups is 1. The average Bonchev–Trinajstić information content (AvgIpc) is 2.89. The third kappa shape index (κ3) is 2.89. The molecule has 0 spiro atoms. The van der Waals surface area contributed by atoms with Crippen molar-refractivity contribution in [3.05, 3.63) is 48.1 Å². The fourth-order valence-corrected chi connectivity index (χ4v) is 2.06. The monoisotopic (exact) mass is 297 g/mol. The molecule has 1 aromatic heterocycles. The fraction of sp³-hybridized carbons (Fsp3) is 0.308. The number of halogens is 2. The number of aliphatic hydroxyl groups is 1. The van der Waals surface area contributed by atoms with Crippen LogP contribution in [0.4, 0.5) is 8.78 Å². The molecule has 112 valence electrons. The Morgan fingerprint density at radius 1 is 1.48 bits per heavy atom. The van der Waals surface area contributed by atoms with Gasteiger partial charge in [-0.1, -0.05) is 6.07 Å². The van der Waals surface area contributed by atoms with E-state index >= 15 is 0 Å². The zero-order valence-electron chi connectivity index (χ0n) is 11.1. The highest BCUT2D eigenvalue weighted by Gasteiger charge is 2.42. The molecule has 0 aliphatic carbocycles. The van der Waals surface area contributed by atoms with E-state index in [1.165, 1.54) is 24.3 Å². The van der Waals surface area contributed by atoms with Crippen LogP contribution in [0.2, 0.25) is 0 Å². The lowest BCUT2D eigenvalue weighted by Gasteiger charge is -2.32. The molecule has 0 saturated carbocycles. The minimum atomic E-state index is -2.10. The van der Waals surface area contributed by atoms with Crippen LogP contribution in [-0.4, -0.2) is 30.9 Å². The minimum Gasteiger partial charge on any atom is -0.481 e. The van der Waals surface area contributed by atoms with E-state index in [2.05, 4.69) is 10.1 Å². The molecule has 0 saturated heterocycles. The minimum absolute atomic E-state index is 0.311. The number of carboxylic acids is 1. The molecule has 8 heteroatoms. The second-order valence-electron chi connectivity index (χ2n) is 4.70. The molecule has 0 aliphatic heterocycles. The highest BCUT2D eigenvalue weighted by Crippen LogP contribution is 2.33. The van der Waals surface area contributed by atoms with Gasteiger partial charge in [-0.2, -0.15) is 5.10 Å². The molecule has 6 nitrogen and oxygen atoms in total. The van der Waals surface area contributed by atoms with E-state index in [0.717, 1.165) is 12.1 Å². The molecule has 2 atom stereocenters. The maximum atomic E-state index is 14.0. The Morgan fingerprint density at radius 2 is 2.19 bits per heavy atom. The first-order valence-electron chi connectivity index (χ1n) is 6.07. The number of nitrogens with zero attached hydrogens (tertiary/aromatic N) is 3. The van der Waals surface area contributed by atoms with Crippen molar-refractivity contribution >= 4 is 5.97 Å². The molecule has 0 amide bonds. The highest BCUT2D eigenvalue weighted by atomic mass is 19.1. The van der Waals surface area contributed by atoms with Gasteiger partial charge in [0.2, 0.25) is 0 Å². The second-order valence-corrected chi connectivity index (χ2v) is 4.70. The summed E-state index contributed by atoms with van der Waals surface area (Å²) >= 11 is 0. The summed E-state index contributed by atoms with van der Waals surface area (Å²) in [4.78, 5) is 14.9. The molecular weight excluding hydrogens is 284 g/mol. The summed E-state index contributed by atoms with van der Waals surface area (Å²) in [6, 6.07) is 2.58. The van der Waals surface area contributed by atoms with Crippen molar-refractivity contribution in [3.8, 4) is 0 Å². The topological polar surface area (TPSA) is 88.2 Å². The van der Waals surface area contributed by atoms with E-state index in [4.69, 9.17) is 5.11 Å². The predicted octanol–water partition coefficient (Wildman–Crippen LogP) is 1.16. The van der Waals surface area contributed by atoms with Gasteiger partial charge in [-0.25, -0.2) is 18.4 Å². The normalized spacial score (nSPS) is 15.4. The first kappa shape index (κ1) is 15.0. The van der Waals surface area contributed by atoms with Crippen molar-refractivity contribution in [3.63, 3.8) is 0 Å². The molecule has 0 unspecified atom stereocenters. The van der Waals surface area contributed by atoms with E-state index < -0.39 is 29.1 Å². The van der Waals surface area contributed by atoms with Crippen LogP contribution in [0.25, 0.3) is 0 Å². The largest absolute Gasteiger partial charge is 0.481 e. The lowest BCUT2D eigenvalue weighted by Crippen LogP contribution is -2.42. The predicted molar refractivity (Wildman–Crippen MR) is 67.1 cm³/mol. The number of benzene rings is 1. The Balaban J connectivity index is 2.51.